The number of ether oxygens (including phenoxy) is 1. The smallest absolute Gasteiger partial charge is 0.313 e. The van der Waals surface area contributed by atoms with Crippen molar-refractivity contribution >= 4 is 34.4 Å². The van der Waals surface area contributed by atoms with Crippen LogP contribution in [0.1, 0.15) is 47.8 Å². The minimum atomic E-state index is -1.31. The third kappa shape index (κ3) is 3.87. The minimum absolute atomic E-state index is 0.0617. The van der Waals surface area contributed by atoms with Crippen LogP contribution in [-0.4, -0.2) is 28.2 Å². The van der Waals surface area contributed by atoms with Crippen LogP contribution in [0.3, 0.4) is 0 Å². The Morgan fingerprint density at radius 3 is 2.48 bits per heavy atom. The Bertz CT molecular complexity index is 1210. The highest BCUT2D eigenvalue weighted by Crippen LogP contribution is 2.39. The molecular weight excluding hydrogens is 435 g/mol. The largest absolute Gasteiger partial charge is 0.503 e. The SMILES string of the molecule is CCCOC(=O)[C@@H](C)c1c(C)n(C(=O)c2ccc(Cl)c(F)c2)c2cc(F)c(O)c(F)c12. The van der Waals surface area contributed by atoms with Gasteiger partial charge in [0, 0.05) is 22.7 Å². The average molecular weight is 454 g/mol. The van der Waals surface area contributed by atoms with Gasteiger partial charge in [-0.1, -0.05) is 18.5 Å². The van der Waals surface area contributed by atoms with Crippen LogP contribution in [0, 0.1) is 24.4 Å². The molecule has 0 amide bonds. The van der Waals surface area contributed by atoms with Crippen LogP contribution in [0.25, 0.3) is 10.9 Å². The number of benzene rings is 2. The number of carbonyl (C=O) groups excluding carboxylic acids is 2. The molecule has 0 spiro atoms. The summed E-state index contributed by atoms with van der Waals surface area (Å²) in [5.74, 6) is -7.15. The molecule has 1 heterocycles. The minimum Gasteiger partial charge on any atom is -0.503 e. The molecule has 3 aromatic rings. The van der Waals surface area contributed by atoms with Gasteiger partial charge in [-0.3, -0.25) is 14.2 Å². The molecule has 31 heavy (non-hydrogen) atoms. The zero-order valence-electron chi connectivity index (χ0n) is 16.9. The number of carbonyl (C=O) groups is 2. The van der Waals surface area contributed by atoms with Gasteiger partial charge < -0.3 is 9.84 Å². The molecule has 5 nitrogen and oxygen atoms in total. The summed E-state index contributed by atoms with van der Waals surface area (Å²) in [4.78, 5) is 25.6. The first kappa shape index (κ1) is 22.7. The number of halogens is 4. The molecule has 0 aliphatic carbocycles. The number of phenols is 1. The normalized spacial score (nSPS) is 12.2. The molecule has 0 aliphatic rings. The Morgan fingerprint density at radius 2 is 1.87 bits per heavy atom. The second kappa shape index (κ2) is 8.63. The van der Waals surface area contributed by atoms with Gasteiger partial charge in [0.15, 0.2) is 17.4 Å². The topological polar surface area (TPSA) is 68.5 Å². The summed E-state index contributed by atoms with van der Waals surface area (Å²) < 4.78 is 49.1. The maximum absolute atomic E-state index is 14.9. The predicted octanol–water partition coefficient (Wildman–Crippen LogP) is 5.47. The van der Waals surface area contributed by atoms with Crippen molar-refractivity contribution < 1.29 is 32.6 Å². The van der Waals surface area contributed by atoms with E-state index in [0.29, 0.717) is 6.42 Å². The molecule has 164 valence electrons. The number of nitrogens with zero attached hydrogens (tertiary/aromatic N) is 1. The molecule has 0 fully saturated rings. The molecule has 1 aromatic heterocycles. The van der Waals surface area contributed by atoms with Crippen molar-refractivity contribution in [2.75, 3.05) is 6.61 Å². The van der Waals surface area contributed by atoms with Gasteiger partial charge in [-0.05, 0) is 44.0 Å². The second-order valence-electron chi connectivity index (χ2n) is 7.07. The molecule has 0 saturated heterocycles. The van der Waals surface area contributed by atoms with Gasteiger partial charge in [-0.25, -0.2) is 13.2 Å². The van der Waals surface area contributed by atoms with E-state index >= 15 is 0 Å². The first-order chi connectivity index (χ1) is 14.6. The van der Waals surface area contributed by atoms with E-state index in [-0.39, 0.29) is 39.4 Å². The zero-order valence-corrected chi connectivity index (χ0v) is 17.7. The molecule has 0 aliphatic heterocycles. The Hall–Kier alpha value is -3.00. The Labute approximate surface area is 181 Å². The molecule has 2 aromatic carbocycles. The molecule has 1 N–H and O–H groups in total. The number of aromatic nitrogens is 1. The summed E-state index contributed by atoms with van der Waals surface area (Å²) in [6.45, 7) is 4.85. The fourth-order valence-electron chi connectivity index (χ4n) is 3.51. The maximum atomic E-state index is 14.9. The van der Waals surface area contributed by atoms with Crippen molar-refractivity contribution in [2.45, 2.75) is 33.1 Å². The third-order valence-electron chi connectivity index (χ3n) is 5.01. The fourth-order valence-corrected chi connectivity index (χ4v) is 3.62. The van der Waals surface area contributed by atoms with Gasteiger partial charge in [0.25, 0.3) is 5.91 Å². The average Bonchev–Trinajstić information content (AvgIpc) is 3.02. The lowest BCUT2D eigenvalue weighted by atomic mass is 9.97. The van der Waals surface area contributed by atoms with Crippen LogP contribution in [0.5, 0.6) is 5.75 Å². The summed E-state index contributed by atoms with van der Waals surface area (Å²) in [6.07, 6.45) is 0.570. The van der Waals surface area contributed by atoms with Crippen molar-refractivity contribution in [1.82, 2.24) is 4.57 Å². The standard InChI is InChI=1S/C22H19ClF3NO4/c1-4-7-31-22(30)10(2)17-11(3)27(16-9-15(25)20(28)19(26)18(16)17)21(29)12-5-6-13(23)14(24)8-12/h5-6,8-10,28H,4,7H2,1-3H3/t10-/m0/s1. The molecule has 0 unspecified atom stereocenters. The number of hydrogen-bond acceptors (Lipinski definition) is 4. The highest BCUT2D eigenvalue weighted by Gasteiger charge is 2.31. The Morgan fingerprint density at radius 1 is 1.19 bits per heavy atom. The van der Waals surface area contributed by atoms with Gasteiger partial charge in [0.1, 0.15) is 5.82 Å². The van der Waals surface area contributed by atoms with Gasteiger partial charge in [-0.15, -0.1) is 0 Å². The molecule has 0 saturated carbocycles. The predicted molar refractivity (Wildman–Crippen MR) is 109 cm³/mol. The summed E-state index contributed by atoms with van der Waals surface area (Å²) in [5, 5.41) is 9.30. The lowest BCUT2D eigenvalue weighted by molar-refractivity contribution is -0.145. The van der Waals surface area contributed by atoms with E-state index in [2.05, 4.69) is 0 Å². The number of fused-ring (bicyclic) bond motifs is 1. The van der Waals surface area contributed by atoms with Crippen molar-refractivity contribution in [1.29, 1.82) is 0 Å². The van der Waals surface area contributed by atoms with Crippen LogP contribution in [-0.2, 0) is 9.53 Å². The summed E-state index contributed by atoms with van der Waals surface area (Å²) in [7, 11) is 0. The van der Waals surface area contributed by atoms with Gasteiger partial charge in [0.2, 0.25) is 0 Å². The number of rotatable bonds is 5. The monoisotopic (exact) mass is 453 g/mol. The van der Waals surface area contributed by atoms with Crippen LogP contribution in [0.2, 0.25) is 5.02 Å². The lowest BCUT2D eigenvalue weighted by Gasteiger charge is -2.13. The number of esters is 1. The quantitative estimate of drug-likeness (QED) is 0.520. The lowest BCUT2D eigenvalue weighted by Crippen LogP contribution is -2.17. The molecule has 0 radical (unpaired) electrons. The van der Waals surface area contributed by atoms with Crippen LogP contribution in [0.15, 0.2) is 24.3 Å². The number of hydrogen-bond donors (Lipinski definition) is 1. The summed E-state index contributed by atoms with van der Waals surface area (Å²) >= 11 is 5.67. The van der Waals surface area contributed by atoms with E-state index in [4.69, 9.17) is 16.3 Å². The van der Waals surface area contributed by atoms with Crippen molar-refractivity contribution in [3.63, 3.8) is 0 Å². The number of aromatic hydroxyl groups is 1. The van der Waals surface area contributed by atoms with E-state index in [1.807, 2.05) is 0 Å². The van der Waals surface area contributed by atoms with Crippen LogP contribution < -0.4 is 0 Å². The second-order valence-corrected chi connectivity index (χ2v) is 7.48. The van der Waals surface area contributed by atoms with Crippen LogP contribution >= 0.6 is 11.6 Å². The van der Waals surface area contributed by atoms with Crippen molar-refractivity contribution in [3.8, 4) is 5.75 Å². The highest BCUT2D eigenvalue weighted by molar-refractivity contribution is 6.30. The molecule has 9 heteroatoms. The third-order valence-corrected chi connectivity index (χ3v) is 5.32. The van der Waals surface area contributed by atoms with E-state index < -0.39 is 41.0 Å². The zero-order chi connectivity index (χ0) is 23.0. The summed E-state index contributed by atoms with van der Waals surface area (Å²) in [5.41, 5.74) is -0.147. The molecule has 1 atom stereocenters. The molecule has 3 rings (SSSR count). The first-order valence-electron chi connectivity index (χ1n) is 9.48. The van der Waals surface area contributed by atoms with Crippen LogP contribution in [0.4, 0.5) is 13.2 Å². The van der Waals surface area contributed by atoms with E-state index in [0.717, 1.165) is 16.7 Å². The molecular formula is C22H19ClF3NO4. The Kier molecular flexibility index (Phi) is 6.31. The highest BCUT2D eigenvalue weighted by atomic mass is 35.5. The summed E-state index contributed by atoms with van der Waals surface area (Å²) in [6, 6.07) is 4.15. The van der Waals surface area contributed by atoms with E-state index in [1.54, 1.807) is 6.92 Å². The fraction of sp³-hybridized carbons (Fsp3) is 0.273. The van der Waals surface area contributed by atoms with Gasteiger partial charge in [0.05, 0.1) is 23.1 Å². The number of phenolic OH excluding ortho intramolecular Hbond substituents is 1. The maximum Gasteiger partial charge on any atom is 0.313 e. The van der Waals surface area contributed by atoms with E-state index in [9.17, 15) is 27.9 Å². The van der Waals surface area contributed by atoms with Crippen molar-refractivity contribution in [2.24, 2.45) is 0 Å². The van der Waals surface area contributed by atoms with Gasteiger partial charge in [-0.2, -0.15) is 0 Å². The molecule has 0 bridgehead atoms. The van der Waals surface area contributed by atoms with E-state index in [1.165, 1.54) is 26.0 Å². The first-order valence-corrected chi connectivity index (χ1v) is 9.86. The van der Waals surface area contributed by atoms with Crippen molar-refractivity contribution in [3.05, 3.63) is 63.6 Å². The van der Waals surface area contributed by atoms with Gasteiger partial charge >= 0.3 is 5.97 Å². The Balaban J connectivity index is 2.29.